The molecule has 2 aromatic carbocycles. The monoisotopic (exact) mass is 447 g/mol. The Labute approximate surface area is 167 Å². The van der Waals surface area contributed by atoms with Gasteiger partial charge in [-0.05, 0) is 0 Å². The third kappa shape index (κ3) is 3.90. The molecule has 0 fully saturated rings. The van der Waals surface area contributed by atoms with Crippen LogP contribution in [0.5, 0.6) is 0 Å². The SMILES string of the molecule is Cl.Cl.[CH3][Zr](=[CH]c1ccccc1)([C]1=CC=CC1)[CH]1C=Cc2ccccc21. The van der Waals surface area contributed by atoms with Gasteiger partial charge in [0.15, 0.2) is 0 Å². The molecular formula is C22H23Cl2Zr. The Morgan fingerprint density at radius 2 is 1.68 bits per heavy atom. The number of fused-ring (bicyclic) bond motifs is 1. The maximum atomic E-state index is 2.66. The molecule has 3 heteroatoms. The number of rotatable bonds is 3. The second kappa shape index (κ2) is 8.58. The Hall–Kier alpha value is -1.01. The van der Waals surface area contributed by atoms with Gasteiger partial charge >= 0.3 is 143 Å². The summed E-state index contributed by atoms with van der Waals surface area (Å²) in [4.78, 5) is 0. The molecule has 0 N–H and O–H groups in total. The van der Waals surface area contributed by atoms with Gasteiger partial charge in [0.25, 0.3) is 0 Å². The van der Waals surface area contributed by atoms with Crippen LogP contribution in [0.2, 0.25) is 4.63 Å². The molecule has 2 aromatic rings. The van der Waals surface area contributed by atoms with Gasteiger partial charge < -0.3 is 0 Å². The number of halogens is 2. The first-order chi connectivity index (χ1) is 11.3. The van der Waals surface area contributed by atoms with Crippen LogP contribution in [0.1, 0.15) is 26.7 Å². The Morgan fingerprint density at radius 3 is 2.40 bits per heavy atom. The second-order valence-corrected chi connectivity index (χ2v) is 16.8. The van der Waals surface area contributed by atoms with E-state index in [9.17, 15) is 0 Å². The first kappa shape index (κ1) is 20.3. The van der Waals surface area contributed by atoms with Gasteiger partial charge in [0.1, 0.15) is 0 Å². The van der Waals surface area contributed by atoms with Crippen LogP contribution in [0.4, 0.5) is 0 Å². The standard InChI is InChI=1S/C9H7.C7H6.C5H5.CH3.2ClH.Zr/c1-2-5-9-7-3-6-8(9)4-1;1-7-5-3-2-4-6-7;1-2-4-5-3-1;;;;/h1-7H;1-6H;1-3H,4H2;1H3;2*1H;. The summed E-state index contributed by atoms with van der Waals surface area (Å²) in [5.74, 6) is 0. The summed E-state index contributed by atoms with van der Waals surface area (Å²) in [6.45, 7) is 0. The van der Waals surface area contributed by atoms with Crippen molar-refractivity contribution in [2.24, 2.45) is 0 Å². The summed E-state index contributed by atoms with van der Waals surface area (Å²) in [6, 6.07) is 19.8. The zero-order chi connectivity index (χ0) is 15.7. The molecule has 0 heterocycles. The van der Waals surface area contributed by atoms with Crippen molar-refractivity contribution >= 4 is 34.6 Å². The molecule has 2 aliphatic rings. The Balaban J connectivity index is 0.00000113. The van der Waals surface area contributed by atoms with E-state index in [0.717, 1.165) is 6.42 Å². The zero-order valence-corrected chi connectivity index (χ0v) is 18.4. The summed E-state index contributed by atoms with van der Waals surface area (Å²) in [7, 11) is 0. The minimum atomic E-state index is -2.70. The van der Waals surface area contributed by atoms with Crippen LogP contribution >= 0.6 is 24.8 Å². The van der Waals surface area contributed by atoms with Crippen molar-refractivity contribution < 1.29 is 19.8 Å². The van der Waals surface area contributed by atoms with E-state index in [1.807, 2.05) is 0 Å². The maximum absolute atomic E-state index is 2.70. The summed E-state index contributed by atoms with van der Waals surface area (Å²) in [5.41, 5.74) is 4.33. The molecule has 0 aromatic heterocycles. The zero-order valence-electron chi connectivity index (χ0n) is 14.3. The van der Waals surface area contributed by atoms with E-state index in [1.54, 1.807) is 3.28 Å². The van der Waals surface area contributed by atoms with Crippen LogP contribution in [-0.4, -0.2) is 3.71 Å². The molecule has 2 unspecified atom stereocenters. The van der Waals surface area contributed by atoms with Crippen molar-refractivity contribution in [3.05, 3.63) is 98.9 Å². The quantitative estimate of drug-likeness (QED) is 0.502. The van der Waals surface area contributed by atoms with E-state index in [-0.39, 0.29) is 24.8 Å². The van der Waals surface area contributed by atoms with E-state index in [2.05, 4.69) is 93.3 Å². The van der Waals surface area contributed by atoms with Crippen molar-refractivity contribution in [3.63, 3.8) is 0 Å². The van der Waals surface area contributed by atoms with Crippen molar-refractivity contribution in [2.75, 3.05) is 0 Å². The summed E-state index contributed by atoms with van der Waals surface area (Å²) < 4.78 is 7.56. The van der Waals surface area contributed by atoms with Gasteiger partial charge in [0.2, 0.25) is 0 Å². The Kier molecular flexibility index (Phi) is 6.97. The minimum absolute atomic E-state index is 0. The average Bonchev–Trinajstić information content (AvgIpc) is 3.26. The van der Waals surface area contributed by atoms with Crippen LogP contribution in [0.15, 0.2) is 82.2 Å². The van der Waals surface area contributed by atoms with Gasteiger partial charge in [0, 0.05) is 0 Å². The molecule has 0 radical (unpaired) electrons. The normalized spacial score (nSPS) is 19.2. The second-order valence-electron chi connectivity index (χ2n) is 6.63. The van der Waals surface area contributed by atoms with Crippen LogP contribution in [0.25, 0.3) is 6.08 Å². The fourth-order valence-corrected chi connectivity index (χ4v) is 13.9. The molecule has 0 spiro atoms. The average molecular weight is 450 g/mol. The van der Waals surface area contributed by atoms with Gasteiger partial charge in [-0.3, -0.25) is 0 Å². The van der Waals surface area contributed by atoms with E-state index < -0.39 is 19.8 Å². The first-order valence-corrected chi connectivity index (χ1v) is 14.8. The van der Waals surface area contributed by atoms with Gasteiger partial charge in [0.05, 0.1) is 0 Å². The number of benzene rings is 2. The summed E-state index contributed by atoms with van der Waals surface area (Å²) in [5, 5.41) is 0. The van der Waals surface area contributed by atoms with Crippen molar-refractivity contribution in [1.29, 1.82) is 0 Å². The molecule has 4 rings (SSSR count). The van der Waals surface area contributed by atoms with E-state index >= 15 is 0 Å². The van der Waals surface area contributed by atoms with Crippen molar-refractivity contribution in [2.45, 2.75) is 14.7 Å². The number of hydrogen-bond acceptors (Lipinski definition) is 0. The van der Waals surface area contributed by atoms with Gasteiger partial charge in [-0.2, -0.15) is 0 Å². The van der Waals surface area contributed by atoms with Crippen molar-refractivity contribution in [1.82, 2.24) is 0 Å². The predicted molar refractivity (Wildman–Crippen MR) is 112 cm³/mol. The third-order valence-corrected chi connectivity index (χ3v) is 16.2. The molecule has 129 valence electrons. The Morgan fingerprint density at radius 1 is 0.960 bits per heavy atom. The van der Waals surface area contributed by atoms with Crippen LogP contribution in [0, 0.1) is 0 Å². The molecule has 0 saturated carbocycles. The molecular weight excluding hydrogens is 426 g/mol. The van der Waals surface area contributed by atoms with E-state index in [0.29, 0.717) is 3.63 Å². The van der Waals surface area contributed by atoms with Crippen molar-refractivity contribution in [3.8, 4) is 0 Å². The molecule has 0 nitrogen and oxygen atoms in total. The van der Waals surface area contributed by atoms with Gasteiger partial charge in [-0.1, -0.05) is 0 Å². The van der Waals surface area contributed by atoms with Crippen LogP contribution < -0.4 is 0 Å². The van der Waals surface area contributed by atoms with Crippen LogP contribution in [0.3, 0.4) is 0 Å². The first-order valence-electron chi connectivity index (χ1n) is 8.32. The number of hydrogen-bond donors (Lipinski definition) is 0. The number of allylic oxidation sites excluding steroid dienone is 5. The molecule has 0 amide bonds. The fourth-order valence-electron chi connectivity index (χ4n) is 3.90. The topological polar surface area (TPSA) is 0 Å². The van der Waals surface area contributed by atoms with Crippen LogP contribution in [-0.2, 0) is 19.8 Å². The predicted octanol–water partition coefficient (Wildman–Crippen LogP) is 6.49. The molecule has 2 aliphatic carbocycles. The Bertz CT molecular complexity index is 876. The summed E-state index contributed by atoms with van der Waals surface area (Å²) >= 11 is -2.70. The molecule has 0 bridgehead atoms. The van der Waals surface area contributed by atoms with Gasteiger partial charge in [-0.15, -0.1) is 24.8 Å². The van der Waals surface area contributed by atoms with E-state index in [1.165, 1.54) is 16.7 Å². The third-order valence-electron chi connectivity index (χ3n) is 5.17. The summed E-state index contributed by atoms with van der Waals surface area (Å²) in [6.07, 6.45) is 12.9. The fraction of sp³-hybridized carbons (Fsp3) is 0.136. The molecule has 0 aliphatic heterocycles. The molecule has 2 atom stereocenters. The van der Waals surface area contributed by atoms with Gasteiger partial charge in [-0.25, -0.2) is 0 Å². The molecule has 25 heavy (non-hydrogen) atoms. The van der Waals surface area contributed by atoms with E-state index in [4.69, 9.17) is 0 Å². The molecule has 0 saturated heterocycles.